The molecular formula is C12H12N6O2S. The summed E-state index contributed by atoms with van der Waals surface area (Å²) in [6.45, 7) is 3.59. The van der Waals surface area contributed by atoms with Crippen LogP contribution < -0.4 is 5.32 Å². The van der Waals surface area contributed by atoms with E-state index in [4.69, 9.17) is 0 Å². The summed E-state index contributed by atoms with van der Waals surface area (Å²) in [5.41, 5.74) is 1.83. The van der Waals surface area contributed by atoms with Crippen molar-refractivity contribution in [3.05, 3.63) is 23.3 Å². The van der Waals surface area contributed by atoms with Crippen molar-refractivity contribution in [3.63, 3.8) is 0 Å². The number of hydrogen-bond donors (Lipinski definition) is 2. The minimum absolute atomic E-state index is 0.0754. The van der Waals surface area contributed by atoms with Crippen LogP contribution >= 0.6 is 11.5 Å². The first-order valence-corrected chi connectivity index (χ1v) is 6.87. The zero-order valence-electron chi connectivity index (χ0n) is 11.6. The average molecular weight is 304 g/mol. The van der Waals surface area contributed by atoms with Gasteiger partial charge in [-0.2, -0.15) is 9.47 Å². The van der Waals surface area contributed by atoms with Crippen molar-refractivity contribution in [2.45, 2.75) is 13.8 Å². The summed E-state index contributed by atoms with van der Waals surface area (Å²) in [6.07, 6.45) is 1.32. The summed E-state index contributed by atoms with van der Waals surface area (Å²) in [5, 5.41) is 17.9. The Kier molecular flexibility index (Phi) is 3.05. The highest BCUT2D eigenvalue weighted by Crippen LogP contribution is 2.31. The molecule has 0 saturated heterocycles. The Morgan fingerprint density at radius 2 is 2.19 bits per heavy atom. The Hall–Kier alpha value is -2.55. The minimum Gasteiger partial charge on any atom is -0.478 e. The van der Waals surface area contributed by atoms with E-state index in [1.165, 1.54) is 17.7 Å². The van der Waals surface area contributed by atoms with Crippen molar-refractivity contribution in [2.75, 3.05) is 5.32 Å². The summed E-state index contributed by atoms with van der Waals surface area (Å²) in [4.78, 5) is 19.8. The quantitative estimate of drug-likeness (QED) is 0.760. The van der Waals surface area contributed by atoms with E-state index in [0.29, 0.717) is 33.4 Å². The molecule has 0 aromatic carbocycles. The molecule has 3 heterocycles. The molecule has 3 rings (SSSR count). The minimum atomic E-state index is -1.06. The van der Waals surface area contributed by atoms with E-state index >= 15 is 0 Å². The second kappa shape index (κ2) is 4.77. The smallest absolute Gasteiger partial charge is 0.339 e. The first-order chi connectivity index (χ1) is 9.97. The van der Waals surface area contributed by atoms with Crippen LogP contribution in [0, 0.1) is 13.8 Å². The van der Waals surface area contributed by atoms with Gasteiger partial charge < -0.3 is 10.4 Å². The lowest BCUT2D eigenvalue weighted by molar-refractivity contribution is 0.0697. The number of nitrogens with zero attached hydrogens (tertiary/aromatic N) is 5. The number of rotatable bonds is 3. The van der Waals surface area contributed by atoms with Gasteiger partial charge in [0.15, 0.2) is 5.65 Å². The molecule has 8 nitrogen and oxygen atoms in total. The second-order valence-electron chi connectivity index (χ2n) is 4.53. The van der Waals surface area contributed by atoms with Gasteiger partial charge in [0.1, 0.15) is 11.4 Å². The van der Waals surface area contributed by atoms with E-state index in [9.17, 15) is 9.90 Å². The van der Waals surface area contributed by atoms with E-state index in [-0.39, 0.29) is 5.56 Å². The van der Waals surface area contributed by atoms with Crippen molar-refractivity contribution in [1.29, 1.82) is 0 Å². The topological polar surface area (TPSA) is 106 Å². The third kappa shape index (κ3) is 2.21. The van der Waals surface area contributed by atoms with Gasteiger partial charge in [0, 0.05) is 24.8 Å². The maximum absolute atomic E-state index is 11.4. The molecule has 9 heteroatoms. The Morgan fingerprint density at radius 3 is 2.81 bits per heavy atom. The van der Waals surface area contributed by atoms with Gasteiger partial charge in [-0.1, -0.05) is 0 Å². The molecule has 0 radical (unpaired) electrons. The highest BCUT2D eigenvalue weighted by atomic mass is 32.1. The predicted octanol–water partition coefficient (Wildman–Crippen LogP) is 1.88. The molecule has 0 bridgehead atoms. The number of anilines is 2. The molecule has 2 N–H and O–H groups in total. The third-order valence-electron chi connectivity index (χ3n) is 3.02. The van der Waals surface area contributed by atoms with Gasteiger partial charge in [0.25, 0.3) is 0 Å². The molecule has 108 valence electrons. The van der Waals surface area contributed by atoms with Gasteiger partial charge in [0.05, 0.1) is 16.8 Å². The number of pyridine rings is 1. The van der Waals surface area contributed by atoms with Gasteiger partial charge in [-0.25, -0.2) is 14.8 Å². The molecule has 0 aliphatic rings. The summed E-state index contributed by atoms with van der Waals surface area (Å²) in [7, 11) is 1.77. The van der Waals surface area contributed by atoms with Crippen LogP contribution in [0.15, 0.2) is 6.20 Å². The third-order valence-corrected chi connectivity index (χ3v) is 3.74. The van der Waals surface area contributed by atoms with Crippen molar-refractivity contribution in [3.8, 4) is 0 Å². The Balaban J connectivity index is 2.25. The average Bonchev–Trinajstić information content (AvgIpc) is 2.94. The molecule has 0 aliphatic heterocycles. The monoisotopic (exact) mass is 304 g/mol. The number of carboxylic acid groups (broad SMARTS) is 1. The lowest BCUT2D eigenvalue weighted by atomic mass is 10.1. The van der Waals surface area contributed by atoms with Crippen molar-refractivity contribution >= 4 is 39.4 Å². The molecule has 21 heavy (non-hydrogen) atoms. The number of aromatic carboxylic acids is 1. The van der Waals surface area contributed by atoms with Gasteiger partial charge in [-0.05, 0) is 13.8 Å². The van der Waals surface area contributed by atoms with Crippen LogP contribution in [0.3, 0.4) is 0 Å². The molecule has 0 aliphatic carbocycles. The van der Waals surface area contributed by atoms with Gasteiger partial charge in [0.2, 0.25) is 5.13 Å². The maximum atomic E-state index is 11.4. The normalized spacial score (nSPS) is 11.0. The molecule has 0 unspecified atom stereocenters. The van der Waals surface area contributed by atoms with Crippen LogP contribution in [0.4, 0.5) is 10.8 Å². The van der Waals surface area contributed by atoms with Crippen LogP contribution in [0.1, 0.15) is 21.9 Å². The van der Waals surface area contributed by atoms with Crippen molar-refractivity contribution in [1.82, 2.24) is 24.1 Å². The fraction of sp³-hybridized carbons (Fsp3) is 0.250. The number of aromatic nitrogens is 5. The molecule has 3 aromatic rings. The van der Waals surface area contributed by atoms with Crippen LogP contribution in [-0.4, -0.2) is 35.2 Å². The van der Waals surface area contributed by atoms with Gasteiger partial charge in [-0.3, -0.25) is 4.68 Å². The highest BCUT2D eigenvalue weighted by molar-refractivity contribution is 7.09. The Morgan fingerprint density at radius 1 is 1.43 bits per heavy atom. The van der Waals surface area contributed by atoms with E-state index in [0.717, 1.165) is 0 Å². The number of carboxylic acids is 1. The van der Waals surface area contributed by atoms with Crippen LogP contribution in [0.5, 0.6) is 0 Å². The molecule has 0 saturated carbocycles. The predicted molar refractivity (Wildman–Crippen MR) is 78.1 cm³/mol. The number of aryl methyl sites for hydroxylation is 3. The molecule has 0 spiro atoms. The maximum Gasteiger partial charge on any atom is 0.339 e. The molecule has 0 fully saturated rings. The molecular weight excluding hydrogens is 292 g/mol. The zero-order valence-corrected chi connectivity index (χ0v) is 12.4. The van der Waals surface area contributed by atoms with E-state index in [1.807, 2.05) is 6.92 Å². The number of carbonyl (C=O) groups is 1. The fourth-order valence-corrected chi connectivity index (χ4v) is 2.74. The zero-order chi connectivity index (χ0) is 15.1. The summed E-state index contributed by atoms with van der Waals surface area (Å²) in [6, 6.07) is 0. The van der Waals surface area contributed by atoms with E-state index in [2.05, 4.69) is 24.8 Å². The first-order valence-electron chi connectivity index (χ1n) is 6.10. The largest absolute Gasteiger partial charge is 0.478 e. The SMILES string of the molecule is Cc1nsc(Nc2c(C(=O)O)cnc3c2c(C)nn3C)n1. The van der Waals surface area contributed by atoms with Crippen molar-refractivity contribution in [2.24, 2.45) is 7.05 Å². The molecule has 0 amide bonds. The van der Waals surface area contributed by atoms with Gasteiger partial charge in [-0.15, -0.1) is 0 Å². The van der Waals surface area contributed by atoms with E-state index in [1.54, 1.807) is 18.7 Å². The Bertz CT molecular complexity index is 853. The summed E-state index contributed by atoms with van der Waals surface area (Å²) in [5.74, 6) is -0.427. The number of fused-ring (bicyclic) bond motifs is 1. The fourth-order valence-electron chi connectivity index (χ4n) is 2.16. The second-order valence-corrected chi connectivity index (χ2v) is 5.28. The van der Waals surface area contributed by atoms with Crippen molar-refractivity contribution < 1.29 is 9.90 Å². The lowest BCUT2D eigenvalue weighted by Gasteiger charge is -2.08. The first kappa shape index (κ1) is 13.4. The number of hydrogen-bond acceptors (Lipinski definition) is 7. The molecule has 3 aromatic heterocycles. The lowest BCUT2D eigenvalue weighted by Crippen LogP contribution is -2.05. The summed E-state index contributed by atoms with van der Waals surface area (Å²) < 4.78 is 5.70. The van der Waals surface area contributed by atoms with E-state index < -0.39 is 5.97 Å². The van der Waals surface area contributed by atoms with Crippen LogP contribution in [0.25, 0.3) is 11.0 Å². The van der Waals surface area contributed by atoms with Crippen LogP contribution in [0.2, 0.25) is 0 Å². The highest BCUT2D eigenvalue weighted by Gasteiger charge is 2.20. The van der Waals surface area contributed by atoms with Crippen LogP contribution in [-0.2, 0) is 7.05 Å². The molecule has 0 atom stereocenters. The Labute approximate surface area is 123 Å². The summed E-state index contributed by atoms with van der Waals surface area (Å²) >= 11 is 1.17. The standard InChI is InChI=1S/C12H12N6O2S/c1-5-8-9(15-12-14-6(2)17-21-12)7(11(19)20)4-13-10(8)18(3)16-5/h4H,1-3H3,(H,19,20)(H,13,14,15,17). The van der Waals surface area contributed by atoms with Gasteiger partial charge >= 0.3 is 5.97 Å². The number of nitrogens with one attached hydrogen (secondary N) is 1.